The third-order valence-electron chi connectivity index (χ3n) is 5.63. The van der Waals surface area contributed by atoms with E-state index in [1.807, 2.05) is 0 Å². The summed E-state index contributed by atoms with van der Waals surface area (Å²) in [5.74, 6) is -0.0126. The molecule has 1 amide bonds. The van der Waals surface area contributed by atoms with E-state index in [1.54, 1.807) is 4.90 Å². The van der Waals surface area contributed by atoms with Gasteiger partial charge in [-0.15, -0.1) is 12.4 Å². The predicted octanol–water partition coefficient (Wildman–Crippen LogP) is 0.876. The smallest absolute Gasteiger partial charge is 0.242 e. The Kier molecular flexibility index (Phi) is 5.66. The van der Waals surface area contributed by atoms with Gasteiger partial charge in [0.05, 0.1) is 16.0 Å². The Morgan fingerprint density at radius 1 is 1.04 bits per heavy atom. The van der Waals surface area contributed by atoms with Crippen LogP contribution in [0.5, 0.6) is 0 Å². The van der Waals surface area contributed by atoms with E-state index in [9.17, 15) is 13.2 Å². The molecule has 1 aliphatic carbocycles. The van der Waals surface area contributed by atoms with Crippen molar-refractivity contribution in [3.8, 4) is 0 Å². The normalized spacial score (nSPS) is 28.8. The van der Waals surface area contributed by atoms with Crippen molar-refractivity contribution >= 4 is 28.2 Å². The lowest BCUT2D eigenvalue weighted by Gasteiger charge is -2.46. The van der Waals surface area contributed by atoms with E-state index in [0.717, 1.165) is 19.3 Å². The Morgan fingerprint density at radius 3 is 2.26 bits per heavy atom. The average Bonchev–Trinajstić information content (AvgIpc) is 2.51. The van der Waals surface area contributed by atoms with E-state index in [1.165, 1.54) is 0 Å². The van der Waals surface area contributed by atoms with Crippen LogP contribution in [0.3, 0.4) is 0 Å². The van der Waals surface area contributed by atoms with Crippen molar-refractivity contribution in [3.63, 3.8) is 0 Å². The minimum Gasteiger partial charge on any atom is -0.381 e. The first-order chi connectivity index (χ1) is 10.4. The number of sulfone groups is 1. The van der Waals surface area contributed by atoms with Crippen molar-refractivity contribution < 1.29 is 17.9 Å². The zero-order valence-corrected chi connectivity index (χ0v) is 15.1. The van der Waals surface area contributed by atoms with Crippen LogP contribution in [0.25, 0.3) is 0 Å². The second kappa shape index (κ2) is 6.86. The van der Waals surface area contributed by atoms with Gasteiger partial charge in [0.15, 0.2) is 9.84 Å². The van der Waals surface area contributed by atoms with Crippen molar-refractivity contribution in [1.82, 2.24) is 4.90 Å². The molecule has 2 aliphatic heterocycles. The minimum absolute atomic E-state index is 0. The molecule has 3 fully saturated rings. The first-order valence-corrected chi connectivity index (χ1v) is 9.92. The number of amides is 1. The van der Waals surface area contributed by atoms with Crippen molar-refractivity contribution in [1.29, 1.82) is 0 Å². The lowest BCUT2D eigenvalue weighted by molar-refractivity contribution is -0.141. The number of ether oxygens (including phenoxy) is 1. The largest absolute Gasteiger partial charge is 0.381 e. The number of nitrogens with two attached hydrogens (primary N) is 1. The van der Waals surface area contributed by atoms with Gasteiger partial charge >= 0.3 is 0 Å². The molecule has 23 heavy (non-hydrogen) atoms. The fourth-order valence-electron chi connectivity index (χ4n) is 4.08. The molecule has 1 saturated carbocycles. The van der Waals surface area contributed by atoms with Crippen molar-refractivity contribution in [3.05, 3.63) is 0 Å². The molecule has 0 aromatic carbocycles. The summed E-state index contributed by atoms with van der Waals surface area (Å²) in [7, 11) is -3.12. The second-order valence-electron chi connectivity index (χ2n) is 7.06. The summed E-state index contributed by atoms with van der Waals surface area (Å²) in [4.78, 5) is 14.6. The van der Waals surface area contributed by atoms with E-state index in [0.29, 0.717) is 45.4 Å². The molecule has 0 atom stereocenters. The maximum atomic E-state index is 12.9. The van der Waals surface area contributed by atoms with Gasteiger partial charge in [0.2, 0.25) is 5.91 Å². The fourth-order valence-corrected chi connectivity index (χ4v) is 6.23. The molecule has 0 bridgehead atoms. The molecular weight excluding hydrogens is 340 g/mol. The molecule has 0 radical (unpaired) electrons. The highest BCUT2D eigenvalue weighted by atomic mass is 35.5. The van der Waals surface area contributed by atoms with Gasteiger partial charge < -0.3 is 15.4 Å². The van der Waals surface area contributed by atoms with Crippen LogP contribution in [0, 0.1) is 0 Å². The highest BCUT2D eigenvalue weighted by Crippen LogP contribution is 2.39. The van der Waals surface area contributed by atoms with Crippen molar-refractivity contribution in [2.75, 3.05) is 32.1 Å². The minimum atomic E-state index is -3.12. The summed E-state index contributed by atoms with van der Waals surface area (Å²) >= 11 is 0. The van der Waals surface area contributed by atoms with Crippen molar-refractivity contribution in [2.45, 2.75) is 55.2 Å². The summed E-state index contributed by atoms with van der Waals surface area (Å²) in [5, 5.41) is 0. The summed E-state index contributed by atoms with van der Waals surface area (Å²) in [5.41, 5.74) is 5.42. The van der Waals surface area contributed by atoms with Crippen LogP contribution in [0.2, 0.25) is 0 Å². The van der Waals surface area contributed by atoms with Crippen LogP contribution in [-0.4, -0.2) is 61.6 Å². The first kappa shape index (κ1) is 19.0. The molecule has 1 spiro atoms. The van der Waals surface area contributed by atoms with Crippen molar-refractivity contribution in [2.24, 2.45) is 5.73 Å². The third kappa shape index (κ3) is 3.38. The molecule has 8 heteroatoms. The third-order valence-corrected chi connectivity index (χ3v) is 8.21. The Balaban J connectivity index is 0.00000192. The Hall–Kier alpha value is -0.370. The lowest BCUT2D eigenvalue weighted by Crippen LogP contribution is -2.65. The summed E-state index contributed by atoms with van der Waals surface area (Å²) in [6.07, 6.45) is 5.35. The lowest BCUT2D eigenvalue weighted by atomic mass is 9.85. The maximum Gasteiger partial charge on any atom is 0.242 e. The number of halogens is 1. The molecule has 0 unspecified atom stereocenters. The zero-order chi connectivity index (χ0) is 15.8. The van der Waals surface area contributed by atoms with E-state index in [2.05, 4.69) is 0 Å². The van der Waals surface area contributed by atoms with E-state index < -0.39 is 20.1 Å². The van der Waals surface area contributed by atoms with Gasteiger partial charge in [-0.2, -0.15) is 0 Å². The SMILES string of the molecule is Cl.NC1(C(=O)N2CCS(=O)(=O)C3(CCCCC3)C2)CCOCC1. The van der Waals surface area contributed by atoms with Gasteiger partial charge in [-0.3, -0.25) is 4.79 Å². The number of hydrogen-bond acceptors (Lipinski definition) is 5. The Bertz CT molecular complexity index is 540. The highest BCUT2D eigenvalue weighted by Gasteiger charge is 2.51. The van der Waals surface area contributed by atoms with Crippen LogP contribution in [0.1, 0.15) is 44.9 Å². The number of nitrogens with zero attached hydrogens (tertiary/aromatic N) is 1. The summed E-state index contributed by atoms with van der Waals surface area (Å²) in [6, 6.07) is 0. The zero-order valence-electron chi connectivity index (χ0n) is 13.5. The van der Waals surface area contributed by atoms with Gasteiger partial charge in [0.1, 0.15) is 0 Å². The fraction of sp³-hybridized carbons (Fsp3) is 0.933. The first-order valence-electron chi connectivity index (χ1n) is 8.27. The van der Waals surface area contributed by atoms with Gasteiger partial charge in [-0.25, -0.2) is 8.42 Å². The number of carbonyl (C=O) groups is 1. The van der Waals surface area contributed by atoms with Gasteiger partial charge in [-0.05, 0) is 25.7 Å². The monoisotopic (exact) mass is 366 g/mol. The quantitative estimate of drug-likeness (QED) is 0.743. The van der Waals surface area contributed by atoms with Gasteiger partial charge in [0, 0.05) is 26.3 Å². The molecule has 2 saturated heterocycles. The molecule has 6 nitrogen and oxygen atoms in total. The molecule has 3 rings (SSSR count). The summed E-state index contributed by atoms with van der Waals surface area (Å²) in [6.45, 7) is 1.61. The molecule has 0 aromatic rings. The highest BCUT2D eigenvalue weighted by molar-refractivity contribution is 7.92. The number of rotatable bonds is 1. The van der Waals surface area contributed by atoms with Gasteiger partial charge in [0.25, 0.3) is 0 Å². The topological polar surface area (TPSA) is 89.7 Å². The number of hydrogen-bond donors (Lipinski definition) is 1. The van der Waals surface area contributed by atoms with Crippen LogP contribution in [-0.2, 0) is 19.4 Å². The van der Waals surface area contributed by atoms with E-state index in [4.69, 9.17) is 10.5 Å². The molecule has 3 aliphatic rings. The number of carbonyl (C=O) groups excluding carboxylic acids is 1. The molecule has 2 heterocycles. The molecule has 134 valence electrons. The summed E-state index contributed by atoms with van der Waals surface area (Å²) < 4.78 is 29.8. The molecular formula is C15H27ClN2O4S. The Labute approximate surface area is 144 Å². The Morgan fingerprint density at radius 2 is 1.65 bits per heavy atom. The van der Waals surface area contributed by atoms with Crippen LogP contribution in [0.15, 0.2) is 0 Å². The predicted molar refractivity (Wildman–Crippen MR) is 90.4 cm³/mol. The molecule has 2 N–H and O–H groups in total. The van der Waals surface area contributed by atoms with Crippen LogP contribution in [0.4, 0.5) is 0 Å². The van der Waals surface area contributed by atoms with Gasteiger partial charge in [-0.1, -0.05) is 19.3 Å². The van der Waals surface area contributed by atoms with Crippen LogP contribution < -0.4 is 5.73 Å². The second-order valence-corrected chi connectivity index (χ2v) is 9.56. The molecule has 0 aromatic heterocycles. The van der Waals surface area contributed by atoms with E-state index >= 15 is 0 Å². The van der Waals surface area contributed by atoms with E-state index in [-0.39, 0.29) is 30.6 Å². The standard InChI is InChI=1S/C15H26N2O4S.ClH/c16-15(6-9-21-10-7-15)13(18)17-8-11-22(19,20)14(12-17)4-2-1-3-5-14;/h1-12,16H2;1H. The maximum absolute atomic E-state index is 12.9. The van der Waals surface area contributed by atoms with Crippen LogP contribution >= 0.6 is 12.4 Å². The average molecular weight is 367 g/mol.